The van der Waals surface area contributed by atoms with Crippen LogP contribution in [0, 0.1) is 4.77 Å². The van der Waals surface area contributed by atoms with Crippen molar-refractivity contribution >= 4 is 35.8 Å². The van der Waals surface area contributed by atoms with Gasteiger partial charge in [-0.05, 0) is 24.4 Å². The molecule has 5 N–H and O–H groups in total. The minimum absolute atomic E-state index is 0.0278. The Hall–Kier alpha value is -1.54. The zero-order valence-corrected chi connectivity index (χ0v) is 8.41. The molecule has 14 heavy (non-hydrogen) atoms. The van der Waals surface area contributed by atoms with E-state index in [1.807, 2.05) is 0 Å². The Bertz CT molecular complexity index is 501. The predicted octanol–water partition coefficient (Wildman–Crippen LogP) is -0.199. The number of nitrogens with two attached hydrogens (primary N) is 1. The van der Waals surface area contributed by atoms with Crippen LogP contribution in [0.25, 0.3) is 0 Å². The van der Waals surface area contributed by atoms with Gasteiger partial charge in [0.15, 0.2) is 9.88 Å². The van der Waals surface area contributed by atoms with E-state index in [9.17, 15) is 9.90 Å². The van der Waals surface area contributed by atoms with E-state index in [0.717, 1.165) is 6.21 Å². The highest BCUT2D eigenvalue weighted by atomic mass is 32.1. The number of hydrogen-bond acceptors (Lipinski definition) is 4. The van der Waals surface area contributed by atoms with Crippen LogP contribution in [-0.2, 0) is 0 Å². The molecular formula is C6H6N4O2S2. The lowest BCUT2D eigenvalue weighted by molar-refractivity contribution is 0.449. The smallest absolute Gasteiger partial charge is 0.264 e. The van der Waals surface area contributed by atoms with Crippen molar-refractivity contribution in [3.63, 3.8) is 0 Å². The molecular weight excluding hydrogens is 224 g/mol. The van der Waals surface area contributed by atoms with E-state index in [-0.39, 0.29) is 21.3 Å². The number of H-pyrrole nitrogens is 2. The van der Waals surface area contributed by atoms with E-state index in [0.29, 0.717) is 0 Å². The maximum absolute atomic E-state index is 11.2. The van der Waals surface area contributed by atoms with E-state index in [2.05, 4.69) is 39.4 Å². The van der Waals surface area contributed by atoms with Gasteiger partial charge in [0.25, 0.3) is 5.56 Å². The molecule has 1 rings (SSSR count). The van der Waals surface area contributed by atoms with Gasteiger partial charge in [-0.3, -0.25) is 9.78 Å². The van der Waals surface area contributed by atoms with E-state index >= 15 is 0 Å². The Morgan fingerprint density at radius 1 is 1.57 bits per heavy atom. The second-order valence-electron chi connectivity index (χ2n) is 2.27. The Morgan fingerprint density at radius 3 is 2.71 bits per heavy atom. The van der Waals surface area contributed by atoms with Crippen LogP contribution >= 0.6 is 24.4 Å². The summed E-state index contributed by atoms with van der Waals surface area (Å²) in [6.45, 7) is 0. The van der Waals surface area contributed by atoms with E-state index in [4.69, 9.17) is 5.73 Å². The molecule has 0 saturated carbocycles. The van der Waals surface area contributed by atoms with E-state index in [1.165, 1.54) is 0 Å². The van der Waals surface area contributed by atoms with Gasteiger partial charge in [-0.2, -0.15) is 0 Å². The summed E-state index contributed by atoms with van der Waals surface area (Å²) >= 11 is 9.08. The monoisotopic (exact) mass is 230 g/mol. The van der Waals surface area contributed by atoms with E-state index in [1.54, 1.807) is 0 Å². The maximum atomic E-state index is 11.2. The Balaban J connectivity index is 3.29. The molecule has 0 bridgehead atoms. The number of nitrogens with one attached hydrogen (secondary N) is 2. The quantitative estimate of drug-likeness (QED) is 0.395. The molecule has 0 aliphatic rings. The van der Waals surface area contributed by atoms with Crippen molar-refractivity contribution in [1.29, 1.82) is 0 Å². The SMILES string of the molecule is NC(=S)/N=C/c1c(O)[nH]c(=S)[nH]c1=O. The summed E-state index contributed by atoms with van der Waals surface area (Å²) in [5, 5.41) is 9.13. The molecule has 6 nitrogen and oxygen atoms in total. The molecule has 0 unspecified atom stereocenters. The van der Waals surface area contributed by atoms with Crippen LogP contribution in [0.4, 0.5) is 0 Å². The molecule has 0 aliphatic carbocycles. The number of hydrogen-bond donors (Lipinski definition) is 4. The fourth-order valence-corrected chi connectivity index (χ4v) is 0.974. The summed E-state index contributed by atoms with van der Waals surface area (Å²) in [6, 6.07) is 0. The topological polar surface area (TPSA) is 107 Å². The van der Waals surface area contributed by atoms with Gasteiger partial charge in [0.05, 0.1) is 0 Å². The average Bonchev–Trinajstić information content (AvgIpc) is 2.01. The molecule has 0 spiro atoms. The third kappa shape index (κ3) is 2.47. The Labute approximate surface area is 88.5 Å². The minimum atomic E-state index is -0.564. The lowest BCUT2D eigenvalue weighted by Gasteiger charge is -1.96. The van der Waals surface area contributed by atoms with Crippen LogP contribution in [0.2, 0.25) is 0 Å². The number of aromatic hydroxyl groups is 1. The zero-order valence-electron chi connectivity index (χ0n) is 6.77. The first-order chi connectivity index (χ1) is 6.50. The second kappa shape index (κ2) is 4.11. The molecule has 74 valence electrons. The minimum Gasteiger partial charge on any atom is -0.494 e. The fraction of sp³-hybridized carbons (Fsp3) is 0. The van der Waals surface area contributed by atoms with Gasteiger partial charge in [-0.1, -0.05) is 0 Å². The summed E-state index contributed by atoms with van der Waals surface area (Å²) < 4.78 is 0.0278. The lowest BCUT2D eigenvalue weighted by Crippen LogP contribution is -2.14. The van der Waals surface area contributed by atoms with Gasteiger partial charge in [0.1, 0.15) is 5.56 Å². The summed E-state index contributed by atoms with van der Waals surface area (Å²) in [5.41, 5.74) is 4.44. The summed E-state index contributed by atoms with van der Waals surface area (Å²) in [6.07, 6.45) is 1.06. The van der Waals surface area contributed by atoms with Gasteiger partial charge in [0, 0.05) is 6.21 Å². The molecule has 0 saturated heterocycles. The van der Waals surface area contributed by atoms with Crippen molar-refractivity contribution in [2.45, 2.75) is 0 Å². The van der Waals surface area contributed by atoms with Crippen LogP contribution in [0.1, 0.15) is 5.56 Å². The van der Waals surface area contributed by atoms with Gasteiger partial charge < -0.3 is 15.8 Å². The zero-order chi connectivity index (χ0) is 10.7. The van der Waals surface area contributed by atoms with Crippen molar-refractivity contribution in [2.75, 3.05) is 0 Å². The summed E-state index contributed by atoms with van der Waals surface area (Å²) in [4.78, 5) is 19.3. The van der Waals surface area contributed by atoms with Gasteiger partial charge in [0.2, 0.25) is 5.88 Å². The molecule has 0 aromatic carbocycles. The average molecular weight is 230 g/mol. The number of aromatic amines is 2. The number of nitrogens with zero attached hydrogens (tertiary/aromatic N) is 1. The number of aliphatic imine (C=N–C) groups is 1. The Morgan fingerprint density at radius 2 is 2.21 bits per heavy atom. The first-order valence-corrected chi connectivity index (χ1v) is 4.21. The molecule has 0 atom stereocenters. The first-order valence-electron chi connectivity index (χ1n) is 3.40. The second-order valence-corrected chi connectivity index (χ2v) is 3.09. The highest BCUT2D eigenvalue weighted by molar-refractivity contribution is 7.80. The van der Waals surface area contributed by atoms with Crippen LogP contribution in [0.5, 0.6) is 5.88 Å². The fourth-order valence-electron chi connectivity index (χ4n) is 0.732. The van der Waals surface area contributed by atoms with Crippen LogP contribution in [0.15, 0.2) is 9.79 Å². The van der Waals surface area contributed by atoms with Crippen molar-refractivity contribution in [3.05, 3.63) is 20.7 Å². The van der Waals surface area contributed by atoms with E-state index < -0.39 is 5.56 Å². The van der Waals surface area contributed by atoms with Gasteiger partial charge >= 0.3 is 0 Å². The van der Waals surface area contributed by atoms with Gasteiger partial charge in [-0.25, -0.2) is 4.99 Å². The highest BCUT2D eigenvalue weighted by Gasteiger charge is 2.03. The van der Waals surface area contributed by atoms with Crippen molar-refractivity contribution in [3.8, 4) is 5.88 Å². The summed E-state index contributed by atoms with van der Waals surface area (Å²) in [7, 11) is 0. The predicted molar refractivity (Wildman–Crippen MR) is 58.3 cm³/mol. The third-order valence-electron chi connectivity index (χ3n) is 1.28. The van der Waals surface area contributed by atoms with Crippen LogP contribution in [0.3, 0.4) is 0 Å². The molecule has 1 aromatic rings. The van der Waals surface area contributed by atoms with Gasteiger partial charge in [-0.15, -0.1) is 0 Å². The molecule has 0 fully saturated rings. The number of rotatable bonds is 1. The highest BCUT2D eigenvalue weighted by Crippen LogP contribution is 2.03. The first kappa shape index (κ1) is 10.5. The molecule has 0 aliphatic heterocycles. The molecule has 1 heterocycles. The number of thiocarbonyl (C=S) groups is 1. The van der Waals surface area contributed by atoms with Crippen molar-refractivity contribution in [1.82, 2.24) is 9.97 Å². The molecule has 0 radical (unpaired) electrons. The van der Waals surface area contributed by atoms with Crippen molar-refractivity contribution in [2.24, 2.45) is 10.7 Å². The lowest BCUT2D eigenvalue weighted by atomic mass is 10.3. The summed E-state index contributed by atoms with van der Waals surface area (Å²) in [5.74, 6) is -0.376. The third-order valence-corrected chi connectivity index (χ3v) is 1.59. The van der Waals surface area contributed by atoms with Crippen LogP contribution < -0.4 is 11.3 Å². The molecule has 8 heteroatoms. The van der Waals surface area contributed by atoms with Crippen molar-refractivity contribution < 1.29 is 5.11 Å². The maximum Gasteiger partial charge on any atom is 0.264 e. The Kier molecular flexibility index (Phi) is 3.10. The standard InChI is InChI=1S/C6H6N4O2S2/c7-5(13)8-1-2-3(11)9-6(14)10-4(2)12/h1H,(H2,7,13)(H3,9,10,11,12,14)/b8-1+. The molecule has 0 amide bonds. The largest absolute Gasteiger partial charge is 0.494 e. The molecule has 1 aromatic heterocycles. The number of aromatic nitrogens is 2. The van der Waals surface area contributed by atoms with Crippen LogP contribution in [-0.4, -0.2) is 26.4 Å². The normalized spacial score (nSPS) is 10.6.